The molecule has 1 saturated heterocycles. The van der Waals surface area contributed by atoms with Crippen molar-refractivity contribution in [1.29, 1.82) is 0 Å². The van der Waals surface area contributed by atoms with Crippen molar-refractivity contribution in [2.75, 3.05) is 38.5 Å². The van der Waals surface area contributed by atoms with E-state index in [2.05, 4.69) is 10.2 Å². The van der Waals surface area contributed by atoms with Crippen molar-refractivity contribution in [3.63, 3.8) is 0 Å². The highest BCUT2D eigenvalue weighted by Gasteiger charge is 2.30. The molecule has 0 bridgehead atoms. The molecule has 34 heavy (non-hydrogen) atoms. The number of anilines is 1. The van der Waals surface area contributed by atoms with Crippen LogP contribution in [0.5, 0.6) is 0 Å². The summed E-state index contributed by atoms with van der Waals surface area (Å²) in [5.41, 5.74) is 2.59. The first kappa shape index (κ1) is 22.0. The highest BCUT2D eigenvalue weighted by atomic mass is 19.1. The quantitative estimate of drug-likeness (QED) is 0.573. The Kier molecular flexibility index (Phi) is 5.53. The molecule has 8 heteroatoms. The van der Waals surface area contributed by atoms with Gasteiger partial charge in [0.25, 0.3) is 5.91 Å². The van der Waals surface area contributed by atoms with E-state index < -0.39 is 17.5 Å². The van der Waals surface area contributed by atoms with Gasteiger partial charge in [-0.15, -0.1) is 0 Å². The fourth-order valence-corrected chi connectivity index (χ4v) is 4.53. The average Bonchev–Trinajstić information content (AvgIpc) is 3.33. The van der Waals surface area contributed by atoms with Crippen LogP contribution in [-0.2, 0) is 4.79 Å². The normalized spacial score (nSPS) is 17.2. The molecule has 6 nitrogen and oxygen atoms in total. The van der Waals surface area contributed by atoms with Crippen molar-refractivity contribution >= 4 is 29.3 Å². The fraction of sp³-hybridized carbons (Fsp3) is 0.231. The molecule has 3 aromatic rings. The Bertz CT molecular complexity index is 1320. The maximum absolute atomic E-state index is 14.7. The van der Waals surface area contributed by atoms with Crippen LogP contribution in [0.2, 0.25) is 0 Å². The van der Waals surface area contributed by atoms with Gasteiger partial charge in [0.05, 0.1) is 16.8 Å². The Hall–Kier alpha value is -3.78. The van der Waals surface area contributed by atoms with Crippen LogP contribution in [0, 0.1) is 18.6 Å². The van der Waals surface area contributed by atoms with E-state index in [-0.39, 0.29) is 22.7 Å². The Morgan fingerprint density at radius 2 is 1.65 bits per heavy atom. The summed E-state index contributed by atoms with van der Waals surface area (Å²) < 4.78 is 30.8. The van der Waals surface area contributed by atoms with E-state index in [0.717, 1.165) is 18.7 Å². The van der Waals surface area contributed by atoms with E-state index in [1.54, 1.807) is 35.4 Å². The van der Waals surface area contributed by atoms with Gasteiger partial charge in [0, 0.05) is 43.6 Å². The third-order valence-corrected chi connectivity index (χ3v) is 6.46. The summed E-state index contributed by atoms with van der Waals surface area (Å²) in [4.78, 5) is 30.2. The van der Waals surface area contributed by atoms with E-state index in [0.29, 0.717) is 30.0 Å². The number of nitrogens with zero attached hydrogens (tertiary/aromatic N) is 3. The maximum atomic E-state index is 14.7. The number of carbonyl (C=O) groups excluding carboxylic acids is 2. The molecule has 1 N–H and O–H groups in total. The van der Waals surface area contributed by atoms with Gasteiger partial charge in [-0.05, 0) is 55.4 Å². The van der Waals surface area contributed by atoms with Gasteiger partial charge in [-0.1, -0.05) is 18.2 Å². The van der Waals surface area contributed by atoms with Crippen molar-refractivity contribution in [1.82, 2.24) is 14.4 Å². The van der Waals surface area contributed by atoms with E-state index >= 15 is 0 Å². The number of aromatic nitrogens is 1. The second kappa shape index (κ2) is 8.53. The molecule has 1 fully saturated rings. The number of aryl methyl sites for hydroxylation is 1. The first-order valence-corrected chi connectivity index (χ1v) is 11.1. The number of hydrogen-bond acceptors (Lipinski definition) is 3. The van der Waals surface area contributed by atoms with Crippen LogP contribution in [0.4, 0.5) is 19.3 Å². The van der Waals surface area contributed by atoms with Crippen LogP contribution in [0.1, 0.15) is 16.8 Å². The summed E-state index contributed by atoms with van der Waals surface area (Å²) in [6.07, 6.45) is 3.32. The van der Waals surface area contributed by atoms with Crippen LogP contribution in [0.3, 0.4) is 0 Å². The Balaban J connectivity index is 1.61. The minimum Gasteiger partial charge on any atom is -0.321 e. The van der Waals surface area contributed by atoms with Crippen molar-refractivity contribution in [2.24, 2.45) is 0 Å². The second-order valence-corrected chi connectivity index (χ2v) is 8.66. The zero-order valence-electron chi connectivity index (χ0n) is 18.9. The molecule has 0 unspecified atom stereocenters. The number of fused-ring (bicyclic) bond motifs is 1. The number of benzene rings is 2. The molecule has 5 rings (SSSR count). The van der Waals surface area contributed by atoms with E-state index in [9.17, 15) is 18.4 Å². The van der Waals surface area contributed by atoms with Crippen molar-refractivity contribution in [2.45, 2.75) is 6.92 Å². The number of piperazine rings is 1. The number of nitrogens with one attached hydrogen (secondary N) is 1. The summed E-state index contributed by atoms with van der Waals surface area (Å²) in [5.74, 6) is -1.81. The lowest BCUT2D eigenvalue weighted by molar-refractivity contribution is -0.110. The standard InChI is InChI=1S/C26H24F2N4O2/c1-16-9-10-32(26(34)31-13-11-30(2)12-14-31)22(16)15-18-23-17(5-3-8-21(23)29-25(18)33)24-19(27)6-4-7-20(24)28/h3-10,15H,11-14H2,1-2H3,(H,29,33). The molecule has 2 amide bonds. The number of hydrogen-bond donors (Lipinski definition) is 1. The average molecular weight is 463 g/mol. The first-order valence-electron chi connectivity index (χ1n) is 11.1. The van der Waals surface area contributed by atoms with E-state index in [1.807, 2.05) is 20.0 Å². The van der Waals surface area contributed by atoms with Crippen LogP contribution >= 0.6 is 0 Å². The molecule has 3 heterocycles. The van der Waals surface area contributed by atoms with Crippen molar-refractivity contribution < 1.29 is 18.4 Å². The fourth-order valence-electron chi connectivity index (χ4n) is 4.53. The van der Waals surface area contributed by atoms with Gasteiger partial charge >= 0.3 is 6.03 Å². The van der Waals surface area contributed by atoms with Gasteiger partial charge in [-0.2, -0.15) is 0 Å². The lowest BCUT2D eigenvalue weighted by Crippen LogP contribution is -2.48. The number of carbonyl (C=O) groups is 2. The molecule has 1 aromatic heterocycles. The molecular weight excluding hydrogens is 438 g/mol. The predicted octanol–water partition coefficient (Wildman–Crippen LogP) is 4.45. The van der Waals surface area contributed by atoms with Crippen molar-refractivity contribution in [3.8, 4) is 11.1 Å². The van der Waals surface area contributed by atoms with Gasteiger partial charge in [0.15, 0.2) is 0 Å². The molecule has 174 valence electrons. The third kappa shape index (κ3) is 3.70. The SMILES string of the molecule is Cc1ccn(C(=O)N2CCN(C)CC2)c1C=C1C(=O)Nc2cccc(-c3c(F)cccc3F)c21. The molecule has 0 radical (unpaired) electrons. The summed E-state index contributed by atoms with van der Waals surface area (Å²) >= 11 is 0. The Morgan fingerprint density at radius 1 is 0.971 bits per heavy atom. The summed E-state index contributed by atoms with van der Waals surface area (Å²) in [6, 6.07) is 10.3. The minimum absolute atomic E-state index is 0.167. The topological polar surface area (TPSA) is 57.6 Å². The summed E-state index contributed by atoms with van der Waals surface area (Å²) in [6.45, 7) is 4.66. The molecule has 2 aliphatic rings. The maximum Gasteiger partial charge on any atom is 0.328 e. The monoisotopic (exact) mass is 462 g/mol. The van der Waals surface area contributed by atoms with Crippen LogP contribution in [0.15, 0.2) is 48.7 Å². The van der Waals surface area contributed by atoms with Crippen molar-refractivity contribution in [3.05, 3.63) is 77.1 Å². The zero-order valence-corrected chi connectivity index (χ0v) is 18.9. The molecule has 0 spiro atoms. The molecule has 0 atom stereocenters. The van der Waals surface area contributed by atoms with Gasteiger partial charge in [0.1, 0.15) is 11.6 Å². The molecule has 2 aromatic carbocycles. The predicted molar refractivity (Wildman–Crippen MR) is 127 cm³/mol. The number of amides is 2. The second-order valence-electron chi connectivity index (χ2n) is 8.66. The zero-order chi connectivity index (χ0) is 24.0. The highest BCUT2D eigenvalue weighted by Crippen LogP contribution is 2.42. The van der Waals surface area contributed by atoms with Crippen LogP contribution < -0.4 is 5.32 Å². The Labute approximate surface area is 196 Å². The lowest BCUT2D eigenvalue weighted by Gasteiger charge is -2.32. The van der Waals surface area contributed by atoms with Gasteiger partial charge in [-0.3, -0.25) is 9.36 Å². The third-order valence-electron chi connectivity index (χ3n) is 6.46. The molecular formula is C26H24F2N4O2. The number of halogens is 2. The number of likely N-dealkylation sites (N-methyl/N-ethyl adjacent to an activating group) is 1. The van der Waals surface area contributed by atoms with Gasteiger partial charge in [-0.25, -0.2) is 13.6 Å². The summed E-state index contributed by atoms with van der Waals surface area (Å²) in [5, 5.41) is 2.78. The van der Waals surface area contributed by atoms with Crippen LogP contribution in [-0.4, -0.2) is 59.5 Å². The lowest BCUT2D eigenvalue weighted by atomic mass is 9.93. The first-order chi connectivity index (χ1) is 16.3. The van der Waals surface area contributed by atoms with E-state index in [1.165, 1.54) is 22.8 Å². The van der Waals surface area contributed by atoms with Gasteiger partial charge < -0.3 is 15.1 Å². The smallest absolute Gasteiger partial charge is 0.321 e. The van der Waals surface area contributed by atoms with Crippen LogP contribution in [0.25, 0.3) is 22.8 Å². The Morgan fingerprint density at radius 3 is 2.35 bits per heavy atom. The van der Waals surface area contributed by atoms with Gasteiger partial charge in [0.2, 0.25) is 0 Å². The molecule has 0 saturated carbocycles. The molecule has 0 aliphatic carbocycles. The van der Waals surface area contributed by atoms with E-state index in [4.69, 9.17) is 0 Å². The summed E-state index contributed by atoms with van der Waals surface area (Å²) in [7, 11) is 2.02. The minimum atomic E-state index is -0.711. The highest BCUT2D eigenvalue weighted by molar-refractivity contribution is 6.36. The molecule has 2 aliphatic heterocycles. The largest absolute Gasteiger partial charge is 0.328 e. The number of rotatable bonds is 2.